The highest BCUT2D eigenvalue weighted by molar-refractivity contribution is 7.99. The zero-order valence-electron chi connectivity index (χ0n) is 23.4. The zero-order valence-corrected chi connectivity index (χ0v) is 24.9. The van der Waals surface area contributed by atoms with Crippen LogP contribution in [0.25, 0.3) is 21.9 Å². The average molecular weight is 577 g/mol. The number of nitrogens with zero attached hydrogens (tertiary/aromatic N) is 2. The minimum absolute atomic E-state index is 0.220. The van der Waals surface area contributed by atoms with Crippen molar-refractivity contribution in [1.29, 1.82) is 0 Å². The Balaban J connectivity index is 0.000000162. The summed E-state index contributed by atoms with van der Waals surface area (Å²) in [5.41, 5.74) is 3.34. The summed E-state index contributed by atoms with van der Waals surface area (Å²) in [4.78, 5) is 18.5. The van der Waals surface area contributed by atoms with E-state index in [9.17, 15) is 4.79 Å². The molecule has 3 aromatic carbocycles. The van der Waals surface area contributed by atoms with Crippen LogP contribution in [0.2, 0.25) is 5.02 Å². The van der Waals surface area contributed by atoms with Gasteiger partial charge in [0.25, 0.3) is 0 Å². The third-order valence-corrected chi connectivity index (χ3v) is 8.08. The van der Waals surface area contributed by atoms with Crippen LogP contribution in [-0.4, -0.2) is 39.2 Å². The van der Waals surface area contributed by atoms with Crippen molar-refractivity contribution in [1.82, 2.24) is 4.90 Å². The SMILES string of the molecule is CN(C)CCCN1c2ccccc2Sc2ccc(Cl)cc21.COc1c(C(C)C)oc2cc3oc(=O)ccc3cc12. The van der Waals surface area contributed by atoms with Gasteiger partial charge in [-0.15, -0.1) is 0 Å². The number of methoxy groups -OCH3 is 1. The Hall–Kier alpha value is -3.39. The van der Waals surface area contributed by atoms with Crippen molar-refractivity contribution in [3.63, 3.8) is 0 Å². The van der Waals surface area contributed by atoms with E-state index in [-0.39, 0.29) is 11.5 Å². The van der Waals surface area contributed by atoms with Crippen molar-refractivity contribution in [2.75, 3.05) is 39.2 Å². The first kappa shape index (κ1) is 28.1. The molecule has 208 valence electrons. The molecule has 8 heteroatoms. The minimum Gasteiger partial charge on any atom is -0.492 e. The number of fused-ring (bicyclic) bond motifs is 4. The third-order valence-electron chi connectivity index (χ3n) is 6.71. The molecule has 0 saturated heterocycles. The highest BCUT2D eigenvalue weighted by atomic mass is 35.5. The number of furan rings is 1. The maximum absolute atomic E-state index is 11.2. The number of ether oxygens (including phenoxy) is 1. The number of para-hydroxylation sites is 1. The molecule has 6 rings (SSSR count). The topological polar surface area (TPSA) is 59.1 Å². The van der Waals surface area contributed by atoms with E-state index in [0.29, 0.717) is 11.2 Å². The van der Waals surface area contributed by atoms with Gasteiger partial charge in [0.1, 0.15) is 16.9 Å². The number of anilines is 2. The molecule has 5 aromatic rings. The lowest BCUT2D eigenvalue weighted by atomic mass is 10.1. The summed E-state index contributed by atoms with van der Waals surface area (Å²) >= 11 is 8.03. The van der Waals surface area contributed by atoms with Gasteiger partial charge in [-0.25, -0.2) is 4.79 Å². The lowest BCUT2D eigenvalue weighted by Gasteiger charge is -2.33. The van der Waals surface area contributed by atoms with Crippen molar-refractivity contribution < 1.29 is 13.6 Å². The van der Waals surface area contributed by atoms with Crippen molar-refractivity contribution >= 4 is 56.7 Å². The summed E-state index contributed by atoms with van der Waals surface area (Å²) < 4.78 is 16.4. The van der Waals surface area contributed by atoms with Crippen molar-refractivity contribution in [2.24, 2.45) is 0 Å². The van der Waals surface area contributed by atoms with Gasteiger partial charge in [-0.3, -0.25) is 0 Å². The monoisotopic (exact) mass is 576 g/mol. The fourth-order valence-corrected chi connectivity index (χ4v) is 6.08. The standard InChI is InChI=1S/C17H19ClN2S.C15H14O4/c1-19(2)10-5-11-20-14-6-3-4-7-16(14)21-17-9-8-13(18)12-15(17)20;1-8(2)14-15(17-3)10-6-9-4-5-13(16)18-11(9)7-12(10)19-14/h3-4,6-9,12H,5,10-11H2,1-2H3;4-8H,1-3H3. The highest BCUT2D eigenvalue weighted by Crippen LogP contribution is 2.48. The Morgan fingerprint density at radius 2 is 1.73 bits per heavy atom. The van der Waals surface area contributed by atoms with E-state index in [2.05, 4.69) is 60.3 Å². The molecule has 1 aliphatic heterocycles. The van der Waals surface area contributed by atoms with Crippen LogP contribution >= 0.6 is 23.4 Å². The van der Waals surface area contributed by atoms with Crippen molar-refractivity contribution in [3.8, 4) is 5.75 Å². The second kappa shape index (κ2) is 12.0. The summed E-state index contributed by atoms with van der Waals surface area (Å²) in [5, 5.41) is 2.54. The Kier molecular flexibility index (Phi) is 8.45. The summed E-state index contributed by atoms with van der Waals surface area (Å²) in [7, 11) is 5.86. The van der Waals surface area contributed by atoms with Gasteiger partial charge in [-0.2, -0.15) is 0 Å². The third kappa shape index (κ3) is 5.87. The van der Waals surface area contributed by atoms with E-state index < -0.39 is 0 Å². The van der Waals surface area contributed by atoms with Gasteiger partial charge in [0.05, 0.1) is 23.9 Å². The van der Waals surface area contributed by atoms with E-state index in [1.54, 1.807) is 19.2 Å². The molecular formula is C32H33ClN2O4S. The summed E-state index contributed by atoms with van der Waals surface area (Å²) in [6.45, 7) is 6.17. The molecule has 40 heavy (non-hydrogen) atoms. The number of benzene rings is 3. The normalized spacial score (nSPS) is 12.4. The van der Waals surface area contributed by atoms with E-state index >= 15 is 0 Å². The van der Waals surface area contributed by atoms with Gasteiger partial charge in [0.15, 0.2) is 5.75 Å². The summed E-state index contributed by atoms with van der Waals surface area (Å²) in [6.07, 6.45) is 1.12. The second-order valence-electron chi connectivity index (χ2n) is 10.3. The molecule has 0 unspecified atom stereocenters. The molecule has 2 aromatic heterocycles. The number of hydrogen-bond acceptors (Lipinski definition) is 7. The van der Waals surface area contributed by atoms with Crippen LogP contribution in [0, 0.1) is 0 Å². The van der Waals surface area contributed by atoms with Crippen LogP contribution < -0.4 is 15.3 Å². The maximum atomic E-state index is 11.2. The molecule has 0 fully saturated rings. The van der Waals surface area contributed by atoms with Crippen molar-refractivity contribution in [3.05, 3.63) is 87.9 Å². The molecule has 0 bridgehead atoms. The van der Waals surface area contributed by atoms with E-state index in [0.717, 1.165) is 46.8 Å². The molecule has 0 N–H and O–H groups in total. The molecule has 1 aliphatic rings. The quantitative estimate of drug-likeness (QED) is 0.188. The fraction of sp³-hybridized carbons (Fsp3) is 0.281. The Labute approximate surface area is 243 Å². The Morgan fingerprint density at radius 3 is 2.48 bits per heavy atom. The number of halogens is 1. The summed E-state index contributed by atoms with van der Waals surface area (Å²) in [6, 6.07) is 21.6. The molecule has 0 saturated carbocycles. The first-order valence-electron chi connectivity index (χ1n) is 13.3. The van der Waals surface area contributed by atoms with Crippen LogP contribution in [0.15, 0.2) is 90.1 Å². The highest BCUT2D eigenvalue weighted by Gasteiger charge is 2.23. The molecule has 0 aliphatic carbocycles. The van der Waals surface area contributed by atoms with Crippen LogP contribution in [-0.2, 0) is 0 Å². The van der Waals surface area contributed by atoms with Gasteiger partial charge >= 0.3 is 5.63 Å². The molecule has 0 atom stereocenters. The maximum Gasteiger partial charge on any atom is 0.336 e. The van der Waals surface area contributed by atoms with E-state index in [4.69, 9.17) is 25.2 Å². The smallest absolute Gasteiger partial charge is 0.336 e. The first-order valence-corrected chi connectivity index (χ1v) is 14.5. The average Bonchev–Trinajstić information content (AvgIpc) is 3.29. The van der Waals surface area contributed by atoms with Gasteiger partial charge in [0.2, 0.25) is 0 Å². The zero-order chi connectivity index (χ0) is 28.4. The Morgan fingerprint density at radius 1 is 0.950 bits per heavy atom. The molecule has 3 heterocycles. The fourth-order valence-electron chi connectivity index (χ4n) is 4.84. The Bertz CT molecular complexity index is 1710. The van der Waals surface area contributed by atoms with Gasteiger partial charge in [-0.05, 0) is 69.5 Å². The molecule has 0 amide bonds. The molecule has 0 radical (unpaired) electrons. The molecular weight excluding hydrogens is 544 g/mol. The van der Waals surface area contributed by atoms with Crippen LogP contribution in [0.3, 0.4) is 0 Å². The predicted molar refractivity (Wildman–Crippen MR) is 165 cm³/mol. The van der Waals surface area contributed by atoms with Crippen LogP contribution in [0.1, 0.15) is 31.9 Å². The summed E-state index contributed by atoms with van der Waals surface area (Å²) in [5.74, 6) is 1.77. The molecule has 0 spiro atoms. The second-order valence-corrected chi connectivity index (χ2v) is 11.8. The van der Waals surface area contributed by atoms with Crippen LogP contribution in [0.5, 0.6) is 5.75 Å². The number of rotatable bonds is 6. The van der Waals surface area contributed by atoms with Gasteiger partial charge in [-0.1, -0.05) is 49.3 Å². The van der Waals surface area contributed by atoms with Crippen LogP contribution in [0.4, 0.5) is 11.4 Å². The predicted octanol–water partition coefficient (Wildman–Crippen LogP) is 8.57. The lowest BCUT2D eigenvalue weighted by Crippen LogP contribution is -2.25. The number of hydrogen-bond donors (Lipinski definition) is 0. The largest absolute Gasteiger partial charge is 0.492 e. The molecule has 6 nitrogen and oxygen atoms in total. The lowest BCUT2D eigenvalue weighted by molar-refractivity contribution is 0.390. The van der Waals surface area contributed by atoms with E-state index in [1.807, 2.05) is 37.7 Å². The van der Waals surface area contributed by atoms with E-state index in [1.165, 1.54) is 27.2 Å². The minimum atomic E-state index is -0.366. The van der Waals surface area contributed by atoms with Gasteiger partial charge < -0.3 is 23.4 Å². The van der Waals surface area contributed by atoms with Gasteiger partial charge in [0, 0.05) is 44.8 Å². The first-order chi connectivity index (χ1) is 19.2. The van der Waals surface area contributed by atoms with Crippen molar-refractivity contribution in [2.45, 2.75) is 36.0 Å².